The fourth-order valence-corrected chi connectivity index (χ4v) is 2.30. The molecule has 2 aromatic carbocycles. The predicted molar refractivity (Wildman–Crippen MR) is 66.4 cm³/mol. The fraction of sp³-hybridized carbons (Fsp3) is 0.0769. The van der Waals surface area contributed by atoms with Crippen molar-refractivity contribution in [1.29, 1.82) is 0 Å². The third-order valence-electron chi connectivity index (χ3n) is 2.67. The second-order valence-electron chi connectivity index (χ2n) is 3.93. The van der Waals surface area contributed by atoms with Crippen molar-refractivity contribution >= 4 is 15.9 Å². The highest BCUT2D eigenvalue weighted by molar-refractivity contribution is 9.10. The maximum Gasteiger partial charge on any atom is 0.161 e. The van der Waals surface area contributed by atoms with Gasteiger partial charge in [0.25, 0.3) is 0 Å². The molecule has 1 atom stereocenters. The minimum Gasteiger partial charge on any atom is -0.320 e. The zero-order valence-electron chi connectivity index (χ0n) is 9.43. The molecule has 100 valence electrons. The molecule has 2 N–H and O–H groups in total. The van der Waals surface area contributed by atoms with Crippen molar-refractivity contribution in [2.75, 3.05) is 0 Å². The van der Waals surface area contributed by atoms with Gasteiger partial charge in [-0.25, -0.2) is 17.6 Å². The molecular weight excluding hydrogens is 326 g/mol. The van der Waals surface area contributed by atoms with Gasteiger partial charge in [-0.1, -0.05) is 22.0 Å². The highest BCUT2D eigenvalue weighted by atomic mass is 79.9. The second kappa shape index (κ2) is 5.30. The molecule has 2 rings (SSSR count). The highest BCUT2D eigenvalue weighted by Gasteiger charge is 2.19. The van der Waals surface area contributed by atoms with Gasteiger partial charge in [-0.15, -0.1) is 0 Å². The number of hydrogen-bond donors (Lipinski definition) is 1. The normalized spacial score (nSPS) is 12.5. The van der Waals surface area contributed by atoms with Crippen LogP contribution >= 0.6 is 15.9 Å². The maximum atomic E-state index is 13.6. The first-order valence-electron chi connectivity index (χ1n) is 5.25. The van der Waals surface area contributed by atoms with Crippen molar-refractivity contribution < 1.29 is 17.6 Å². The van der Waals surface area contributed by atoms with Crippen LogP contribution in [0.1, 0.15) is 17.2 Å². The van der Waals surface area contributed by atoms with E-state index in [1.54, 1.807) is 0 Å². The highest BCUT2D eigenvalue weighted by Crippen LogP contribution is 2.29. The van der Waals surface area contributed by atoms with Crippen molar-refractivity contribution in [3.8, 4) is 0 Å². The van der Waals surface area contributed by atoms with Gasteiger partial charge in [0, 0.05) is 16.1 Å². The Hall–Kier alpha value is -1.40. The maximum absolute atomic E-state index is 13.6. The van der Waals surface area contributed by atoms with Crippen LogP contribution in [0, 0.1) is 23.3 Å². The third kappa shape index (κ3) is 2.79. The molecule has 6 heteroatoms. The van der Waals surface area contributed by atoms with Gasteiger partial charge in [0.2, 0.25) is 0 Å². The van der Waals surface area contributed by atoms with Crippen LogP contribution in [0.5, 0.6) is 0 Å². The number of hydrogen-bond acceptors (Lipinski definition) is 1. The van der Waals surface area contributed by atoms with E-state index in [0.717, 1.165) is 12.1 Å². The molecule has 0 fully saturated rings. The SMILES string of the molecule is NC(c1cc(F)c(F)cc1F)c1ccc(F)cc1Br. The molecule has 0 heterocycles. The number of benzene rings is 2. The Morgan fingerprint density at radius 1 is 0.842 bits per heavy atom. The molecule has 0 saturated carbocycles. The summed E-state index contributed by atoms with van der Waals surface area (Å²) in [6, 6.07) is 3.76. The topological polar surface area (TPSA) is 26.0 Å². The van der Waals surface area contributed by atoms with Crippen LogP contribution in [0.3, 0.4) is 0 Å². The molecule has 0 aliphatic carbocycles. The van der Waals surface area contributed by atoms with E-state index in [2.05, 4.69) is 15.9 Å². The Labute approximate surface area is 115 Å². The minimum absolute atomic E-state index is 0.203. The van der Waals surface area contributed by atoms with Gasteiger partial charge >= 0.3 is 0 Å². The third-order valence-corrected chi connectivity index (χ3v) is 3.36. The molecule has 0 spiro atoms. The van der Waals surface area contributed by atoms with E-state index in [1.807, 2.05) is 0 Å². The summed E-state index contributed by atoms with van der Waals surface area (Å²) >= 11 is 3.09. The Balaban J connectivity index is 2.49. The smallest absolute Gasteiger partial charge is 0.161 e. The Kier molecular flexibility index (Phi) is 3.91. The largest absolute Gasteiger partial charge is 0.320 e. The number of halogens is 5. The molecule has 2 aromatic rings. The van der Waals surface area contributed by atoms with Crippen LogP contribution < -0.4 is 5.73 Å². The standard InChI is InChI=1S/C13H8BrF4N/c14-9-3-6(15)1-2-7(9)13(19)8-4-11(17)12(18)5-10(8)16/h1-5,13H,19H2. The molecule has 1 unspecified atom stereocenters. The van der Waals surface area contributed by atoms with Gasteiger partial charge in [-0.3, -0.25) is 0 Å². The molecule has 0 bridgehead atoms. The van der Waals surface area contributed by atoms with E-state index in [0.29, 0.717) is 22.2 Å². The Morgan fingerprint density at radius 3 is 2.11 bits per heavy atom. The van der Waals surface area contributed by atoms with Crippen LogP contribution in [-0.4, -0.2) is 0 Å². The lowest BCUT2D eigenvalue weighted by Crippen LogP contribution is -2.15. The van der Waals surface area contributed by atoms with Crippen molar-refractivity contribution in [3.05, 3.63) is 69.2 Å². The Bertz CT molecular complexity index is 630. The number of nitrogens with two attached hydrogens (primary N) is 1. The zero-order valence-corrected chi connectivity index (χ0v) is 11.0. The summed E-state index contributed by atoms with van der Waals surface area (Å²) in [5.41, 5.74) is 5.97. The molecule has 0 aliphatic rings. The van der Waals surface area contributed by atoms with Crippen molar-refractivity contribution in [2.45, 2.75) is 6.04 Å². The van der Waals surface area contributed by atoms with Crippen LogP contribution in [0.4, 0.5) is 17.6 Å². The molecule has 0 radical (unpaired) electrons. The molecule has 0 saturated heterocycles. The quantitative estimate of drug-likeness (QED) is 0.651. The zero-order chi connectivity index (χ0) is 14.2. The van der Waals surface area contributed by atoms with Gasteiger partial charge in [0.05, 0.1) is 6.04 Å². The van der Waals surface area contributed by atoms with E-state index in [9.17, 15) is 17.6 Å². The summed E-state index contributed by atoms with van der Waals surface area (Å²) in [6.07, 6.45) is 0. The average Bonchev–Trinajstić information content (AvgIpc) is 2.33. The van der Waals surface area contributed by atoms with Crippen LogP contribution in [-0.2, 0) is 0 Å². The first kappa shape index (κ1) is 14.0. The van der Waals surface area contributed by atoms with Crippen molar-refractivity contribution in [3.63, 3.8) is 0 Å². The molecule has 19 heavy (non-hydrogen) atoms. The molecule has 1 nitrogen and oxygen atoms in total. The van der Waals surface area contributed by atoms with Gasteiger partial charge in [-0.05, 0) is 23.8 Å². The molecule has 0 amide bonds. The van der Waals surface area contributed by atoms with E-state index in [4.69, 9.17) is 5.73 Å². The van der Waals surface area contributed by atoms with Crippen LogP contribution in [0.15, 0.2) is 34.8 Å². The van der Waals surface area contributed by atoms with Crippen LogP contribution in [0.25, 0.3) is 0 Å². The van der Waals surface area contributed by atoms with E-state index in [-0.39, 0.29) is 5.56 Å². The van der Waals surface area contributed by atoms with E-state index >= 15 is 0 Å². The summed E-state index contributed by atoms with van der Waals surface area (Å²) in [4.78, 5) is 0. The fourth-order valence-electron chi connectivity index (χ4n) is 1.70. The summed E-state index contributed by atoms with van der Waals surface area (Å²) in [6.45, 7) is 0. The molecule has 0 aliphatic heterocycles. The van der Waals surface area contributed by atoms with E-state index < -0.39 is 29.3 Å². The van der Waals surface area contributed by atoms with Crippen molar-refractivity contribution in [1.82, 2.24) is 0 Å². The van der Waals surface area contributed by atoms with Crippen LogP contribution in [0.2, 0.25) is 0 Å². The summed E-state index contributed by atoms with van der Waals surface area (Å²) in [5, 5.41) is 0. The summed E-state index contributed by atoms with van der Waals surface area (Å²) < 4.78 is 52.9. The summed E-state index contributed by atoms with van der Waals surface area (Å²) in [5.74, 6) is -3.92. The Morgan fingerprint density at radius 2 is 1.47 bits per heavy atom. The lowest BCUT2D eigenvalue weighted by atomic mass is 9.99. The van der Waals surface area contributed by atoms with Crippen molar-refractivity contribution in [2.24, 2.45) is 5.73 Å². The van der Waals surface area contributed by atoms with Gasteiger partial charge < -0.3 is 5.73 Å². The van der Waals surface area contributed by atoms with Gasteiger partial charge in [0.15, 0.2) is 11.6 Å². The van der Waals surface area contributed by atoms with Gasteiger partial charge in [-0.2, -0.15) is 0 Å². The number of rotatable bonds is 2. The lowest BCUT2D eigenvalue weighted by molar-refractivity contribution is 0.487. The molecule has 0 aromatic heterocycles. The predicted octanol–water partition coefficient (Wildman–Crippen LogP) is 4.05. The van der Waals surface area contributed by atoms with E-state index in [1.165, 1.54) is 6.07 Å². The first-order valence-corrected chi connectivity index (χ1v) is 6.04. The minimum atomic E-state index is -1.29. The second-order valence-corrected chi connectivity index (χ2v) is 4.79. The van der Waals surface area contributed by atoms with Gasteiger partial charge in [0.1, 0.15) is 11.6 Å². The first-order chi connectivity index (χ1) is 8.90. The molecular formula is C13H8BrF4N. The monoisotopic (exact) mass is 333 g/mol. The lowest BCUT2D eigenvalue weighted by Gasteiger charge is -2.15. The average molecular weight is 334 g/mol. The summed E-state index contributed by atoms with van der Waals surface area (Å²) in [7, 11) is 0.